The molecule has 1 spiro atoms. The Morgan fingerprint density at radius 3 is 2.71 bits per heavy atom. The molecule has 0 aromatic carbocycles. The maximum absolute atomic E-state index is 12.9. The number of rotatable bonds is 1. The number of alkyl halides is 3. The first-order valence-electron chi connectivity index (χ1n) is 7.90. The Morgan fingerprint density at radius 2 is 2.12 bits per heavy atom. The summed E-state index contributed by atoms with van der Waals surface area (Å²) in [7, 11) is 0. The van der Waals surface area contributed by atoms with Crippen molar-refractivity contribution in [2.75, 3.05) is 13.1 Å². The highest BCUT2D eigenvalue weighted by atomic mass is 19.4. The molecule has 4 rings (SSSR count). The van der Waals surface area contributed by atoms with Gasteiger partial charge in [0.25, 0.3) is 5.91 Å². The number of hydrogen-bond donors (Lipinski definition) is 1. The van der Waals surface area contributed by atoms with Gasteiger partial charge in [-0.15, -0.1) is 0 Å². The van der Waals surface area contributed by atoms with E-state index in [-0.39, 0.29) is 28.6 Å². The van der Waals surface area contributed by atoms with Gasteiger partial charge in [0.05, 0.1) is 5.56 Å². The van der Waals surface area contributed by atoms with Gasteiger partial charge in [0, 0.05) is 36.9 Å². The third-order valence-corrected chi connectivity index (χ3v) is 5.35. The van der Waals surface area contributed by atoms with Crippen LogP contribution >= 0.6 is 0 Å². The Bertz CT molecular complexity index is 809. The van der Waals surface area contributed by atoms with Crippen LogP contribution in [0.25, 0.3) is 5.65 Å². The van der Waals surface area contributed by atoms with E-state index in [1.807, 2.05) is 0 Å². The normalized spacial score (nSPS) is 23.0. The van der Waals surface area contributed by atoms with E-state index >= 15 is 0 Å². The number of halogens is 3. The standard InChI is InChI=1S/C16H17F3N4O/c17-16(18,19)12-8-22-6-1-3-10(13(22)21-12)14(24)23-7-11(20)15(9-23)4-2-5-15/h1,3,6,8,11H,2,4-5,7,9,20H2. The lowest BCUT2D eigenvalue weighted by atomic mass is 9.66. The van der Waals surface area contributed by atoms with Crippen molar-refractivity contribution in [1.82, 2.24) is 14.3 Å². The summed E-state index contributed by atoms with van der Waals surface area (Å²) in [4.78, 5) is 18.1. The molecule has 0 bridgehead atoms. The lowest BCUT2D eigenvalue weighted by molar-refractivity contribution is -0.140. The Balaban J connectivity index is 1.69. The molecule has 1 amide bonds. The van der Waals surface area contributed by atoms with Gasteiger partial charge >= 0.3 is 6.18 Å². The highest BCUT2D eigenvalue weighted by molar-refractivity contribution is 6.00. The zero-order valence-corrected chi connectivity index (χ0v) is 12.9. The Labute approximate surface area is 136 Å². The molecule has 128 valence electrons. The number of hydrogen-bond acceptors (Lipinski definition) is 3. The number of carbonyl (C=O) groups is 1. The van der Waals surface area contributed by atoms with Gasteiger partial charge in [-0.1, -0.05) is 6.42 Å². The highest BCUT2D eigenvalue weighted by Crippen LogP contribution is 2.47. The molecule has 2 aromatic heterocycles. The number of nitrogens with two attached hydrogens (primary N) is 1. The van der Waals surface area contributed by atoms with Crippen molar-refractivity contribution in [2.45, 2.75) is 31.5 Å². The number of pyridine rings is 1. The lowest BCUT2D eigenvalue weighted by Crippen LogP contribution is -2.45. The number of fused-ring (bicyclic) bond motifs is 1. The van der Waals surface area contributed by atoms with E-state index < -0.39 is 11.9 Å². The highest BCUT2D eigenvalue weighted by Gasteiger charge is 2.50. The molecule has 1 unspecified atom stereocenters. The molecule has 1 aliphatic carbocycles. The van der Waals surface area contributed by atoms with Crippen molar-refractivity contribution in [1.29, 1.82) is 0 Å². The van der Waals surface area contributed by atoms with Crippen LogP contribution in [0.2, 0.25) is 0 Å². The third-order valence-electron chi connectivity index (χ3n) is 5.35. The van der Waals surface area contributed by atoms with Gasteiger partial charge in [0.1, 0.15) is 5.65 Å². The van der Waals surface area contributed by atoms with Gasteiger partial charge in [-0.05, 0) is 25.0 Å². The van der Waals surface area contributed by atoms with Crippen molar-refractivity contribution < 1.29 is 18.0 Å². The van der Waals surface area contributed by atoms with E-state index in [1.165, 1.54) is 16.7 Å². The second-order valence-electron chi connectivity index (χ2n) is 6.78. The van der Waals surface area contributed by atoms with Crippen molar-refractivity contribution in [3.8, 4) is 0 Å². The average molecular weight is 338 g/mol. The number of carbonyl (C=O) groups excluding carboxylic acids is 1. The predicted molar refractivity (Wildman–Crippen MR) is 80.4 cm³/mol. The van der Waals surface area contributed by atoms with Crippen LogP contribution in [-0.2, 0) is 6.18 Å². The average Bonchev–Trinajstić information content (AvgIpc) is 3.06. The van der Waals surface area contributed by atoms with Crippen LogP contribution < -0.4 is 5.73 Å². The van der Waals surface area contributed by atoms with Gasteiger partial charge in [0.15, 0.2) is 5.69 Å². The van der Waals surface area contributed by atoms with Gasteiger partial charge in [-0.2, -0.15) is 13.2 Å². The van der Waals surface area contributed by atoms with Crippen LogP contribution in [0.3, 0.4) is 0 Å². The Morgan fingerprint density at radius 1 is 1.38 bits per heavy atom. The molecule has 5 nitrogen and oxygen atoms in total. The minimum atomic E-state index is -4.54. The SMILES string of the molecule is NC1CN(C(=O)c2cccn3cc(C(F)(F)F)nc23)CC12CCC2. The van der Waals surface area contributed by atoms with Crippen LogP contribution in [0.5, 0.6) is 0 Å². The fraction of sp³-hybridized carbons (Fsp3) is 0.500. The molecule has 24 heavy (non-hydrogen) atoms. The number of amides is 1. The molecule has 8 heteroatoms. The number of nitrogens with zero attached hydrogens (tertiary/aromatic N) is 3. The fourth-order valence-electron chi connectivity index (χ4n) is 3.79. The Kier molecular flexibility index (Phi) is 3.19. The quantitative estimate of drug-likeness (QED) is 0.868. The van der Waals surface area contributed by atoms with Crippen molar-refractivity contribution >= 4 is 11.6 Å². The molecule has 2 aliphatic rings. The summed E-state index contributed by atoms with van der Waals surface area (Å²) >= 11 is 0. The summed E-state index contributed by atoms with van der Waals surface area (Å²) in [5.74, 6) is -0.306. The second kappa shape index (κ2) is 4.95. The fourth-order valence-corrected chi connectivity index (χ4v) is 3.79. The molecule has 3 heterocycles. The Hall–Kier alpha value is -2.09. The van der Waals surface area contributed by atoms with E-state index in [2.05, 4.69) is 4.98 Å². The first kappa shape index (κ1) is 15.4. The van der Waals surface area contributed by atoms with Gasteiger partial charge in [-0.25, -0.2) is 4.98 Å². The molecule has 2 N–H and O–H groups in total. The number of likely N-dealkylation sites (tertiary alicyclic amines) is 1. The smallest absolute Gasteiger partial charge is 0.336 e. The summed E-state index contributed by atoms with van der Waals surface area (Å²) in [6.07, 6.45) is 0.930. The monoisotopic (exact) mass is 338 g/mol. The first-order chi connectivity index (χ1) is 11.3. The molecular formula is C16H17F3N4O. The first-order valence-corrected chi connectivity index (χ1v) is 7.90. The van der Waals surface area contributed by atoms with Crippen molar-refractivity contribution in [3.63, 3.8) is 0 Å². The molecule has 2 fully saturated rings. The zero-order valence-electron chi connectivity index (χ0n) is 12.9. The van der Waals surface area contributed by atoms with E-state index in [1.54, 1.807) is 11.0 Å². The molecule has 0 radical (unpaired) electrons. The van der Waals surface area contributed by atoms with E-state index in [9.17, 15) is 18.0 Å². The van der Waals surface area contributed by atoms with Crippen LogP contribution in [0, 0.1) is 5.41 Å². The van der Waals surface area contributed by atoms with Crippen LogP contribution in [0.15, 0.2) is 24.5 Å². The predicted octanol–water partition coefficient (Wildman–Crippen LogP) is 2.31. The molecule has 1 saturated heterocycles. The second-order valence-corrected chi connectivity index (χ2v) is 6.78. The van der Waals surface area contributed by atoms with Crippen LogP contribution in [-0.4, -0.2) is 39.3 Å². The maximum Gasteiger partial charge on any atom is 0.434 e. The summed E-state index contributed by atoms with van der Waals surface area (Å²) in [5.41, 5.74) is 5.38. The van der Waals surface area contributed by atoms with Crippen molar-refractivity contribution in [3.05, 3.63) is 35.8 Å². The minimum Gasteiger partial charge on any atom is -0.336 e. The zero-order chi connectivity index (χ0) is 17.1. The van der Waals surface area contributed by atoms with Gasteiger partial charge in [-0.3, -0.25) is 4.79 Å². The summed E-state index contributed by atoms with van der Waals surface area (Å²) in [6.45, 7) is 1.01. The van der Waals surface area contributed by atoms with Crippen LogP contribution in [0.4, 0.5) is 13.2 Å². The number of aromatic nitrogens is 2. The summed E-state index contributed by atoms with van der Waals surface area (Å²) in [5, 5.41) is 0. The minimum absolute atomic E-state index is 0.00667. The van der Waals surface area contributed by atoms with E-state index in [0.29, 0.717) is 13.1 Å². The van der Waals surface area contributed by atoms with Crippen LogP contribution in [0.1, 0.15) is 35.3 Å². The summed E-state index contributed by atoms with van der Waals surface area (Å²) < 4.78 is 39.9. The maximum atomic E-state index is 12.9. The van der Waals surface area contributed by atoms with Gasteiger partial charge < -0.3 is 15.0 Å². The van der Waals surface area contributed by atoms with E-state index in [4.69, 9.17) is 5.73 Å². The number of imidazole rings is 1. The van der Waals surface area contributed by atoms with E-state index in [0.717, 1.165) is 25.5 Å². The third kappa shape index (κ3) is 2.20. The topological polar surface area (TPSA) is 63.6 Å². The molecule has 1 atom stereocenters. The lowest BCUT2D eigenvalue weighted by Gasteiger charge is -2.41. The van der Waals surface area contributed by atoms with Gasteiger partial charge in [0.2, 0.25) is 0 Å². The largest absolute Gasteiger partial charge is 0.434 e. The molecular weight excluding hydrogens is 321 g/mol. The molecule has 1 saturated carbocycles. The molecule has 1 aliphatic heterocycles. The van der Waals surface area contributed by atoms with Crippen molar-refractivity contribution in [2.24, 2.45) is 11.1 Å². The summed E-state index contributed by atoms with van der Waals surface area (Å²) in [6, 6.07) is 3.00. The molecule has 2 aromatic rings.